The van der Waals surface area contributed by atoms with E-state index < -0.39 is 10.0 Å². The van der Waals surface area contributed by atoms with E-state index in [1.165, 1.54) is 4.31 Å². The number of hydrogen-bond donors (Lipinski definition) is 1. The SMILES string of the molecule is CCCn1c(CCC(=O)Nc2cccc(Cl)c2C)nc2cc(S(=O)(=O)N(CC)CC)ccc21. The van der Waals surface area contributed by atoms with Crippen molar-refractivity contribution in [3.63, 3.8) is 0 Å². The molecule has 0 unspecified atom stereocenters. The Labute approximate surface area is 200 Å². The van der Waals surface area contributed by atoms with Gasteiger partial charge >= 0.3 is 0 Å². The van der Waals surface area contributed by atoms with E-state index in [-0.39, 0.29) is 17.2 Å². The number of amides is 1. The van der Waals surface area contributed by atoms with Crippen LogP contribution in [0.3, 0.4) is 0 Å². The smallest absolute Gasteiger partial charge is 0.243 e. The Morgan fingerprint density at radius 1 is 1.15 bits per heavy atom. The fourth-order valence-corrected chi connectivity index (χ4v) is 5.53. The monoisotopic (exact) mass is 490 g/mol. The van der Waals surface area contributed by atoms with E-state index in [4.69, 9.17) is 16.6 Å². The third-order valence-electron chi connectivity index (χ3n) is 5.71. The standard InChI is InChI=1S/C24H31ClN4O3S/c1-5-15-29-22-12-11-18(33(31,32)28(6-2)7-3)16-21(22)26-23(29)13-14-24(30)27-20-10-8-9-19(25)17(20)4/h8-12,16H,5-7,13-15H2,1-4H3,(H,27,30). The van der Waals surface area contributed by atoms with Gasteiger partial charge in [0.1, 0.15) is 5.82 Å². The number of hydrogen-bond acceptors (Lipinski definition) is 4. The quantitative estimate of drug-likeness (QED) is 0.433. The van der Waals surface area contributed by atoms with Gasteiger partial charge in [0, 0.05) is 43.2 Å². The molecule has 1 aromatic heterocycles. The van der Waals surface area contributed by atoms with Crippen LogP contribution in [0.25, 0.3) is 11.0 Å². The average Bonchev–Trinajstić information content (AvgIpc) is 3.13. The number of carbonyl (C=O) groups is 1. The van der Waals surface area contributed by atoms with Gasteiger partial charge in [0.2, 0.25) is 15.9 Å². The van der Waals surface area contributed by atoms with Crippen molar-refractivity contribution in [2.75, 3.05) is 18.4 Å². The van der Waals surface area contributed by atoms with Crippen LogP contribution >= 0.6 is 11.6 Å². The Bertz CT molecular complexity index is 1250. The van der Waals surface area contributed by atoms with E-state index in [0.717, 1.165) is 29.9 Å². The van der Waals surface area contributed by atoms with Crippen molar-refractivity contribution in [2.45, 2.75) is 58.4 Å². The normalized spacial score (nSPS) is 11.9. The summed E-state index contributed by atoms with van der Waals surface area (Å²) in [7, 11) is -3.57. The molecule has 3 rings (SSSR count). The van der Waals surface area contributed by atoms with Crippen molar-refractivity contribution in [2.24, 2.45) is 0 Å². The van der Waals surface area contributed by atoms with E-state index >= 15 is 0 Å². The number of fused-ring (bicyclic) bond motifs is 1. The summed E-state index contributed by atoms with van der Waals surface area (Å²) in [6, 6.07) is 10.5. The van der Waals surface area contributed by atoms with Crippen LogP contribution in [0.5, 0.6) is 0 Å². The maximum absolute atomic E-state index is 12.9. The Kier molecular flexibility index (Phi) is 8.15. The highest BCUT2D eigenvalue weighted by molar-refractivity contribution is 7.89. The first-order valence-corrected chi connectivity index (χ1v) is 13.1. The van der Waals surface area contributed by atoms with Crippen LogP contribution in [0, 0.1) is 6.92 Å². The molecule has 33 heavy (non-hydrogen) atoms. The Balaban J connectivity index is 1.85. The lowest BCUT2D eigenvalue weighted by molar-refractivity contribution is -0.116. The number of nitrogens with one attached hydrogen (secondary N) is 1. The number of sulfonamides is 1. The van der Waals surface area contributed by atoms with Gasteiger partial charge < -0.3 is 9.88 Å². The molecule has 2 aromatic carbocycles. The molecule has 9 heteroatoms. The lowest BCUT2D eigenvalue weighted by Gasteiger charge is -2.18. The summed E-state index contributed by atoms with van der Waals surface area (Å²) in [6.45, 7) is 9.14. The van der Waals surface area contributed by atoms with E-state index in [2.05, 4.69) is 16.8 Å². The van der Waals surface area contributed by atoms with Crippen molar-refractivity contribution < 1.29 is 13.2 Å². The summed E-state index contributed by atoms with van der Waals surface area (Å²) in [5.74, 6) is 0.641. The third kappa shape index (κ3) is 5.39. The molecular formula is C24H31ClN4O3S. The first-order chi connectivity index (χ1) is 15.7. The zero-order chi connectivity index (χ0) is 24.2. The molecule has 0 fully saturated rings. The Hall–Kier alpha value is -2.42. The van der Waals surface area contributed by atoms with Crippen LogP contribution in [0.1, 0.15) is 45.0 Å². The number of benzene rings is 2. The number of imidazole rings is 1. The number of nitrogens with zero attached hydrogens (tertiary/aromatic N) is 3. The zero-order valence-electron chi connectivity index (χ0n) is 19.6. The van der Waals surface area contributed by atoms with E-state index in [1.54, 1.807) is 24.3 Å². The molecule has 1 heterocycles. The van der Waals surface area contributed by atoms with Gasteiger partial charge in [-0.05, 0) is 49.2 Å². The van der Waals surface area contributed by atoms with Crippen molar-refractivity contribution in [3.8, 4) is 0 Å². The summed E-state index contributed by atoms with van der Waals surface area (Å²) < 4.78 is 29.4. The molecule has 1 N–H and O–H groups in total. The molecule has 0 bridgehead atoms. The number of aryl methyl sites for hydroxylation is 2. The topological polar surface area (TPSA) is 84.3 Å². The van der Waals surface area contributed by atoms with E-state index in [1.807, 2.05) is 32.9 Å². The average molecular weight is 491 g/mol. The predicted molar refractivity (Wildman–Crippen MR) is 133 cm³/mol. The molecule has 178 valence electrons. The van der Waals surface area contributed by atoms with Crippen molar-refractivity contribution >= 4 is 44.3 Å². The van der Waals surface area contributed by atoms with Gasteiger partial charge in [-0.1, -0.05) is 38.4 Å². The summed E-state index contributed by atoms with van der Waals surface area (Å²) in [4.78, 5) is 17.5. The van der Waals surface area contributed by atoms with E-state index in [0.29, 0.717) is 35.7 Å². The summed E-state index contributed by atoms with van der Waals surface area (Å²) in [5.41, 5.74) is 3.02. The van der Waals surface area contributed by atoms with Gasteiger partial charge in [0.05, 0.1) is 15.9 Å². The van der Waals surface area contributed by atoms with Gasteiger partial charge in [0.25, 0.3) is 0 Å². The molecule has 1 amide bonds. The van der Waals surface area contributed by atoms with Crippen LogP contribution in [0.4, 0.5) is 5.69 Å². The predicted octanol–water partition coefficient (Wildman–Crippen LogP) is 5.01. The van der Waals surface area contributed by atoms with Gasteiger partial charge in [-0.3, -0.25) is 4.79 Å². The fraction of sp³-hybridized carbons (Fsp3) is 0.417. The minimum atomic E-state index is -3.57. The highest BCUT2D eigenvalue weighted by atomic mass is 35.5. The Morgan fingerprint density at radius 3 is 2.55 bits per heavy atom. The number of carbonyl (C=O) groups excluding carboxylic acids is 1. The molecule has 0 saturated carbocycles. The molecule has 7 nitrogen and oxygen atoms in total. The van der Waals surface area contributed by atoms with E-state index in [9.17, 15) is 13.2 Å². The second kappa shape index (κ2) is 10.7. The molecule has 0 radical (unpaired) electrons. The first kappa shape index (κ1) is 25.2. The number of aromatic nitrogens is 2. The largest absolute Gasteiger partial charge is 0.328 e. The van der Waals surface area contributed by atoms with Crippen LogP contribution < -0.4 is 5.32 Å². The highest BCUT2D eigenvalue weighted by Crippen LogP contribution is 2.25. The second-order valence-electron chi connectivity index (χ2n) is 7.88. The second-order valence-corrected chi connectivity index (χ2v) is 10.2. The highest BCUT2D eigenvalue weighted by Gasteiger charge is 2.23. The molecule has 0 spiro atoms. The summed E-state index contributed by atoms with van der Waals surface area (Å²) in [6.07, 6.45) is 1.59. The maximum atomic E-state index is 12.9. The maximum Gasteiger partial charge on any atom is 0.243 e. The minimum Gasteiger partial charge on any atom is -0.328 e. The molecule has 3 aromatic rings. The van der Waals surface area contributed by atoms with Gasteiger partial charge in [-0.25, -0.2) is 13.4 Å². The van der Waals surface area contributed by atoms with Gasteiger partial charge in [0.15, 0.2) is 0 Å². The lowest BCUT2D eigenvalue weighted by Crippen LogP contribution is -2.30. The zero-order valence-corrected chi connectivity index (χ0v) is 21.1. The number of anilines is 1. The first-order valence-electron chi connectivity index (χ1n) is 11.3. The summed E-state index contributed by atoms with van der Waals surface area (Å²) in [5, 5.41) is 3.52. The minimum absolute atomic E-state index is 0.125. The molecule has 0 aliphatic rings. The molecule has 0 atom stereocenters. The number of rotatable bonds is 10. The van der Waals surface area contributed by atoms with Crippen LogP contribution in [-0.4, -0.2) is 41.3 Å². The van der Waals surface area contributed by atoms with Gasteiger partial charge in [-0.2, -0.15) is 4.31 Å². The number of halogens is 1. The lowest BCUT2D eigenvalue weighted by atomic mass is 10.2. The molecule has 0 aliphatic heterocycles. The van der Waals surface area contributed by atoms with Crippen LogP contribution in [0.15, 0.2) is 41.3 Å². The van der Waals surface area contributed by atoms with Crippen molar-refractivity contribution in [1.29, 1.82) is 0 Å². The molecular weight excluding hydrogens is 460 g/mol. The molecule has 0 aliphatic carbocycles. The third-order valence-corrected chi connectivity index (χ3v) is 8.16. The fourth-order valence-electron chi connectivity index (χ4n) is 3.88. The summed E-state index contributed by atoms with van der Waals surface area (Å²) >= 11 is 6.14. The van der Waals surface area contributed by atoms with Crippen LogP contribution in [-0.2, 0) is 27.8 Å². The molecule has 0 saturated heterocycles. The Morgan fingerprint density at radius 2 is 1.88 bits per heavy atom. The van der Waals surface area contributed by atoms with Crippen molar-refractivity contribution in [1.82, 2.24) is 13.9 Å². The van der Waals surface area contributed by atoms with Crippen LogP contribution in [0.2, 0.25) is 5.02 Å². The van der Waals surface area contributed by atoms with Gasteiger partial charge in [-0.15, -0.1) is 0 Å². The van der Waals surface area contributed by atoms with Crippen molar-refractivity contribution in [3.05, 3.63) is 52.8 Å².